The van der Waals surface area contributed by atoms with Crippen molar-refractivity contribution >= 4 is 53.1 Å². The Hall–Kier alpha value is -2.93. The largest absolute Gasteiger partial charge is 0.393 e. The molecule has 8 nitrogen and oxygen atoms in total. The lowest BCUT2D eigenvalue weighted by atomic mass is 9.93. The predicted octanol–water partition coefficient (Wildman–Crippen LogP) is 5.21. The first-order valence-electron chi connectivity index (χ1n) is 11.9. The number of hydrogen-bond acceptors (Lipinski definition) is 7. The number of aliphatic hydroxyl groups is 1. The Kier molecular flexibility index (Phi) is 7.98. The number of amides is 1. The van der Waals surface area contributed by atoms with Crippen molar-refractivity contribution in [3.8, 4) is 0 Å². The second-order valence-corrected chi connectivity index (χ2v) is 13.1. The maximum absolute atomic E-state index is 12.8. The Labute approximate surface area is 216 Å². The van der Waals surface area contributed by atoms with Crippen LogP contribution in [0.25, 0.3) is 0 Å². The van der Waals surface area contributed by atoms with Crippen molar-refractivity contribution in [3.63, 3.8) is 0 Å². The number of nitrogens with one attached hydrogen (secondary N) is 3. The van der Waals surface area contributed by atoms with E-state index in [2.05, 4.69) is 25.9 Å². The van der Waals surface area contributed by atoms with E-state index in [4.69, 9.17) is 11.6 Å². The third kappa shape index (κ3) is 6.44. The molecule has 1 aliphatic carbocycles. The van der Waals surface area contributed by atoms with Gasteiger partial charge in [-0.2, -0.15) is 4.98 Å². The van der Waals surface area contributed by atoms with E-state index in [9.17, 15) is 14.5 Å². The zero-order valence-corrected chi connectivity index (χ0v) is 22.2. The van der Waals surface area contributed by atoms with Gasteiger partial charge in [-0.05, 0) is 81.8 Å². The number of anilines is 4. The molecule has 1 aromatic heterocycles. The van der Waals surface area contributed by atoms with Crippen molar-refractivity contribution in [1.82, 2.24) is 15.3 Å². The van der Waals surface area contributed by atoms with E-state index >= 15 is 0 Å². The molecule has 0 atom stereocenters. The lowest BCUT2D eigenvalue weighted by Crippen LogP contribution is -2.38. The van der Waals surface area contributed by atoms with Crippen LogP contribution >= 0.6 is 18.7 Å². The number of hydrogen-bond donors (Lipinski definition) is 4. The Morgan fingerprint density at radius 3 is 2.50 bits per heavy atom. The number of rotatable bonds is 7. The van der Waals surface area contributed by atoms with Crippen LogP contribution < -0.4 is 21.3 Å². The van der Waals surface area contributed by atoms with Gasteiger partial charge in [0.25, 0.3) is 5.91 Å². The number of aliphatic hydroxyl groups excluding tert-OH is 1. The zero-order chi connectivity index (χ0) is 25.9. The summed E-state index contributed by atoms with van der Waals surface area (Å²) in [5.74, 6) is 0.603. The minimum Gasteiger partial charge on any atom is -0.393 e. The summed E-state index contributed by atoms with van der Waals surface area (Å²) in [4.78, 5) is 21.5. The van der Waals surface area contributed by atoms with Crippen LogP contribution in [0.2, 0.25) is 5.02 Å². The van der Waals surface area contributed by atoms with E-state index in [-0.39, 0.29) is 18.1 Å². The van der Waals surface area contributed by atoms with Crippen LogP contribution in [0.1, 0.15) is 41.6 Å². The lowest BCUT2D eigenvalue weighted by molar-refractivity contribution is 0.0867. The van der Waals surface area contributed by atoms with E-state index in [0.29, 0.717) is 46.2 Å². The lowest BCUT2D eigenvalue weighted by Gasteiger charge is -2.26. The number of carbonyl (C=O) groups is 1. The Morgan fingerprint density at radius 1 is 1.08 bits per heavy atom. The molecule has 2 aromatic carbocycles. The van der Waals surface area contributed by atoms with E-state index in [0.717, 1.165) is 24.1 Å². The molecule has 0 radical (unpaired) electrons. The SMILES string of the molecule is Cc1cc(Nc2ncc(Cl)c(Nc3ccccc3P(C)(C)=O)n2)ccc1C(=O)NC1CCC(O)CC1. The van der Waals surface area contributed by atoms with Gasteiger partial charge in [-0.3, -0.25) is 4.79 Å². The number of aryl methyl sites for hydroxylation is 1. The van der Waals surface area contributed by atoms with Crippen LogP contribution in [0.5, 0.6) is 0 Å². The second kappa shape index (κ2) is 11.0. The number of nitrogens with zero attached hydrogens (tertiary/aromatic N) is 2. The summed E-state index contributed by atoms with van der Waals surface area (Å²) < 4.78 is 12.7. The number of benzene rings is 2. The summed E-state index contributed by atoms with van der Waals surface area (Å²) in [6, 6.07) is 12.9. The molecule has 10 heteroatoms. The van der Waals surface area contributed by atoms with Gasteiger partial charge in [-0.15, -0.1) is 0 Å². The molecule has 1 amide bonds. The van der Waals surface area contributed by atoms with Gasteiger partial charge in [-0.1, -0.05) is 23.7 Å². The van der Waals surface area contributed by atoms with Gasteiger partial charge in [0.1, 0.15) is 12.2 Å². The topological polar surface area (TPSA) is 116 Å². The molecule has 1 saturated carbocycles. The number of aromatic nitrogens is 2. The highest BCUT2D eigenvalue weighted by atomic mass is 35.5. The molecule has 0 spiro atoms. The van der Waals surface area contributed by atoms with Crippen LogP contribution in [0, 0.1) is 6.92 Å². The van der Waals surface area contributed by atoms with Crippen LogP contribution in [-0.4, -0.2) is 46.5 Å². The standard InChI is InChI=1S/C26H31ClN5O3P/c1-16-14-18(10-13-20(16)25(34)29-17-8-11-19(33)12-9-17)30-26-28-15-21(27)24(32-26)31-22-6-4-5-7-23(22)36(2,3)35/h4-7,10,13-15,17,19,33H,8-9,11-12H2,1-3H3,(H,29,34)(H2,28,30,31,32). The minimum absolute atomic E-state index is 0.0888. The van der Waals surface area contributed by atoms with Gasteiger partial charge in [-0.25, -0.2) is 4.98 Å². The van der Waals surface area contributed by atoms with Crippen molar-refractivity contribution in [2.45, 2.75) is 44.8 Å². The summed E-state index contributed by atoms with van der Waals surface area (Å²) in [5.41, 5.74) is 2.82. The van der Waals surface area contributed by atoms with Crippen LogP contribution in [0.3, 0.4) is 0 Å². The van der Waals surface area contributed by atoms with Crippen LogP contribution in [-0.2, 0) is 4.57 Å². The Bertz CT molecular complexity index is 1300. The normalized spacial score (nSPS) is 17.9. The smallest absolute Gasteiger partial charge is 0.251 e. The third-order valence-electron chi connectivity index (χ3n) is 6.24. The van der Waals surface area contributed by atoms with Gasteiger partial charge in [0.15, 0.2) is 5.82 Å². The number of carbonyl (C=O) groups excluding carboxylic acids is 1. The van der Waals surface area contributed by atoms with Gasteiger partial charge >= 0.3 is 0 Å². The fraction of sp³-hybridized carbons (Fsp3) is 0.346. The van der Waals surface area contributed by atoms with Crippen molar-refractivity contribution in [2.24, 2.45) is 0 Å². The summed E-state index contributed by atoms with van der Waals surface area (Å²) in [6.45, 7) is 5.31. The minimum atomic E-state index is -2.52. The maximum Gasteiger partial charge on any atom is 0.251 e. The predicted molar refractivity (Wildman–Crippen MR) is 146 cm³/mol. The van der Waals surface area contributed by atoms with Crippen LogP contribution in [0.15, 0.2) is 48.7 Å². The molecule has 3 aromatic rings. The maximum atomic E-state index is 12.8. The molecule has 0 saturated heterocycles. The van der Waals surface area contributed by atoms with Crippen molar-refractivity contribution in [2.75, 3.05) is 24.0 Å². The quantitative estimate of drug-likeness (QED) is 0.312. The van der Waals surface area contributed by atoms with Crippen molar-refractivity contribution < 1.29 is 14.5 Å². The van der Waals surface area contributed by atoms with Gasteiger partial charge in [0.05, 0.1) is 18.0 Å². The monoisotopic (exact) mass is 527 g/mol. The average Bonchev–Trinajstić information content (AvgIpc) is 2.82. The van der Waals surface area contributed by atoms with E-state index in [1.807, 2.05) is 37.3 Å². The molecule has 36 heavy (non-hydrogen) atoms. The molecular formula is C26H31ClN5O3P. The first-order chi connectivity index (χ1) is 17.1. The average molecular weight is 528 g/mol. The molecule has 4 N–H and O–H groups in total. The van der Waals surface area contributed by atoms with Gasteiger partial charge < -0.3 is 25.6 Å². The molecule has 190 valence electrons. The fourth-order valence-electron chi connectivity index (χ4n) is 4.30. The first-order valence-corrected chi connectivity index (χ1v) is 14.9. The second-order valence-electron chi connectivity index (χ2n) is 9.52. The highest BCUT2D eigenvalue weighted by Gasteiger charge is 2.22. The molecule has 1 fully saturated rings. The Balaban J connectivity index is 1.48. The fourth-order valence-corrected chi connectivity index (χ4v) is 5.59. The summed E-state index contributed by atoms with van der Waals surface area (Å²) >= 11 is 6.34. The van der Waals surface area contributed by atoms with Crippen LogP contribution in [0.4, 0.5) is 23.1 Å². The molecule has 0 aliphatic heterocycles. The summed E-state index contributed by atoms with van der Waals surface area (Å²) in [5, 5.41) is 20.1. The highest BCUT2D eigenvalue weighted by Crippen LogP contribution is 2.38. The molecule has 4 rings (SSSR count). The molecule has 1 heterocycles. The van der Waals surface area contributed by atoms with Crippen molar-refractivity contribution in [3.05, 3.63) is 64.8 Å². The number of halogens is 1. The van der Waals surface area contributed by atoms with Crippen molar-refractivity contribution in [1.29, 1.82) is 0 Å². The van der Waals surface area contributed by atoms with E-state index in [1.165, 1.54) is 6.20 Å². The highest BCUT2D eigenvalue weighted by molar-refractivity contribution is 7.70. The zero-order valence-electron chi connectivity index (χ0n) is 20.6. The molecule has 0 unspecified atom stereocenters. The molecule has 0 bridgehead atoms. The van der Waals surface area contributed by atoms with Gasteiger partial charge in [0, 0.05) is 22.6 Å². The molecular weight excluding hydrogens is 497 g/mol. The summed E-state index contributed by atoms with van der Waals surface area (Å²) in [6.07, 6.45) is 4.24. The molecule has 1 aliphatic rings. The van der Waals surface area contributed by atoms with E-state index in [1.54, 1.807) is 25.5 Å². The Morgan fingerprint density at radius 2 is 1.81 bits per heavy atom. The van der Waals surface area contributed by atoms with Gasteiger partial charge in [0.2, 0.25) is 5.95 Å². The number of para-hydroxylation sites is 1. The third-order valence-corrected chi connectivity index (χ3v) is 8.07. The summed E-state index contributed by atoms with van der Waals surface area (Å²) in [7, 11) is -2.52. The van der Waals surface area contributed by atoms with E-state index < -0.39 is 7.14 Å². The first kappa shape index (κ1) is 26.1.